The van der Waals surface area contributed by atoms with Gasteiger partial charge in [0.25, 0.3) is 0 Å². The summed E-state index contributed by atoms with van der Waals surface area (Å²) < 4.78 is 0. The third-order valence-electron chi connectivity index (χ3n) is 1.06. The number of rotatable bonds is 2. The quantitative estimate of drug-likeness (QED) is 0.187. The number of nitrogens with zero attached hydrogens (tertiary/aromatic N) is 1. The van der Waals surface area contributed by atoms with E-state index in [4.69, 9.17) is 30.5 Å². The van der Waals surface area contributed by atoms with Crippen LogP contribution < -0.4 is 5.73 Å². The van der Waals surface area contributed by atoms with Crippen LogP contribution in [0.5, 0.6) is 0 Å². The molecule has 0 saturated heterocycles. The molecule has 96 valence electrons. The molecule has 0 amide bonds. The van der Waals surface area contributed by atoms with Gasteiger partial charge in [0, 0.05) is 0 Å². The van der Waals surface area contributed by atoms with Gasteiger partial charge in [0.2, 0.25) is 0 Å². The van der Waals surface area contributed by atoms with E-state index in [0.717, 1.165) is 0 Å². The highest BCUT2D eigenvalue weighted by molar-refractivity contribution is 6.30. The molecular formula is C8H21BN2O5. The fourth-order valence-electron chi connectivity index (χ4n) is 0.771. The Morgan fingerprint density at radius 3 is 1.62 bits per heavy atom. The van der Waals surface area contributed by atoms with Gasteiger partial charge in [-0.15, -0.1) is 0 Å². The Balaban J connectivity index is -0.000000201. The van der Waals surface area contributed by atoms with Gasteiger partial charge in [0.1, 0.15) is 0 Å². The normalized spacial score (nSPS) is 10.9. The molecule has 7 N–H and O–H groups in total. The zero-order valence-electron chi connectivity index (χ0n) is 9.83. The van der Waals surface area contributed by atoms with Gasteiger partial charge in [-0.25, -0.2) is 0 Å². The van der Waals surface area contributed by atoms with E-state index in [-0.39, 0.29) is 12.0 Å². The molecular weight excluding hydrogens is 215 g/mol. The maximum absolute atomic E-state index is 8.94. The monoisotopic (exact) mass is 236 g/mol. The molecule has 0 heterocycles. The average Bonchev–Trinajstić information content (AvgIpc) is 2.01. The molecule has 0 fully saturated rings. The molecule has 0 aromatic carbocycles. The van der Waals surface area contributed by atoms with Crippen molar-refractivity contribution >= 4 is 7.32 Å². The third kappa shape index (κ3) is 51.3. The van der Waals surface area contributed by atoms with Gasteiger partial charge in [-0.05, 0) is 11.8 Å². The number of aliphatic hydroxyl groups excluding tert-OH is 2. The Morgan fingerprint density at radius 2 is 1.56 bits per heavy atom. The van der Waals surface area contributed by atoms with E-state index in [1.807, 2.05) is 20.8 Å². The third-order valence-corrected chi connectivity index (χ3v) is 1.06. The van der Waals surface area contributed by atoms with E-state index >= 15 is 0 Å². The zero-order chi connectivity index (χ0) is 13.8. The highest BCUT2D eigenvalue weighted by atomic mass is 16.5. The summed E-state index contributed by atoms with van der Waals surface area (Å²) in [6, 6.07) is 0. The van der Waals surface area contributed by atoms with Crippen molar-refractivity contribution in [2.45, 2.75) is 33.3 Å². The molecule has 0 aliphatic carbocycles. The lowest BCUT2D eigenvalue weighted by Gasteiger charge is -2.20. The molecule has 0 aliphatic heterocycles. The maximum Gasteiger partial charge on any atom is 0.631 e. The summed E-state index contributed by atoms with van der Waals surface area (Å²) >= 11 is 0. The highest BCUT2D eigenvalue weighted by Gasteiger charge is 2.15. The summed E-state index contributed by atoms with van der Waals surface area (Å²) in [4.78, 5) is 0. The summed E-state index contributed by atoms with van der Waals surface area (Å²) in [6.07, 6.45) is 1.36. The first kappa shape index (κ1) is 20.6. The second-order valence-electron chi connectivity index (χ2n) is 4.08. The minimum Gasteiger partial charge on any atom is -0.402 e. The van der Waals surface area contributed by atoms with Crippen molar-refractivity contribution in [2.75, 3.05) is 6.61 Å². The van der Waals surface area contributed by atoms with E-state index in [1.165, 1.54) is 6.19 Å². The summed E-state index contributed by atoms with van der Waals surface area (Å²) in [7, 11) is -2.17. The maximum atomic E-state index is 8.94. The largest absolute Gasteiger partial charge is 0.631 e. The minimum absolute atomic E-state index is 0.113. The predicted molar refractivity (Wildman–Crippen MR) is 59.4 cm³/mol. The molecule has 0 radical (unpaired) electrons. The van der Waals surface area contributed by atoms with Gasteiger partial charge in [-0.1, -0.05) is 20.8 Å². The fraction of sp³-hybridized carbons (Fsp3) is 0.875. The van der Waals surface area contributed by atoms with Gasteiger partial charge in [0.05, 0.1) is 12.7 Å². The topological polar surface area (TPSA) is 151 Å². The summed E-state index contributed by atoms with van der Waals surface area (Å²) in [5.74, 6) is 0. The fourth-order valence-corrected chi connectivity index (χ4v) is 0.771. The Labute approximate surface area is 95.9 Å². The molecule has 0 rings (SSSR count). The van der Waals surface area contributed by atoms with Crippen LogP contribution in [0, 0.1) is 16.9 Å². The first-order valence-electron chi connectivity index (χ1n) is 4.53. The first-order valence-corrected chi connectivity index (χ1v) is 4.53. The Hall–Kier alpha value is -0.845. The van der Waals surface area contributed by atoms with Crippen molar-refractivity contribution in [1.82, 2.24) is 0 Å². The van der Waals surface area contributed by atoms with Crippen molar-refractivity contribution in [3.05, 3.63) is 0 Å². The number of hydrogen-bond acceptors (Lipinski definition) is 7. The summed E-state index contributed by atoms with van der Waals surface area (Å²) in [5.41, 5.74) is 4.27. The lowest BCUT2D eigenvalue weighted by Crippen LogP contribution is -2.20. The second-order valence-corrected chi connectivity index (χ2v) is 4.08. The van der Waals surface area contributed by atoms with E-state index in [0.29, 0.717) is 6.42 Å². The lowest BCUT2D eigenvalue weighted by atomic mass is 9.89. The minimum atomic E-state index is -2.17. The van der Waals surface area contributed by atoms with Crippen LogP contribution in [0.2, 0.25) is 0 Å². The Bertz CT molecular complexity index is 175. The average molecular weight is 236 g/mol. The lowest BCUT2D eigenvalue weighted by molar-refractivity contribution is 0.0612. The van der Waals surface area contributed by atoms with Gasteiger partial charge in [-0.3, -0.25) is 0 Å². The predicted octanol–water partition coefficient (Wildman–Crippen LogP) is -1.85. The Kier molecular flexibility index (Phi) is 15.7. The molecule has 0 aliphatic rings. The van der Waals surface area contributed by atoms with Crippen LogP contribution in [-0.4, -0.2) is 45.3 Å². The number of nitriles is 1. The van der Waals surface area contributed by atoms with Gasteiger partial charge >= 0.3 is 7.32 Å². The van der Waals surface area contributed by atoms with Gasteiger partial charge in [-0.2, -0.15) is 5.26 Å². The second kappa shape index (κ2) is 12.2. The number of aliphatic hydroxyl groups is 2. The summed E-state index contributed by atoms with van der Waals surface area (Å²) in [5, 5.41) is 46.0. The van der Waals surface area contributed by atoms with Crippen molar-refractivity contribution in [3.8, 4) is 6.19 Å². The molecule has 0 aromatic rings. The molecule has 16 heavy (non-hydrogen) atoms. The highest BCUT2D eigenvalue weighted by Crippen LogP contribution is 2.20. The van der Waals surface area contributed by atoms with Crippen LogP contribution in [-0.2, 0) is 0 Å². The number of hydrogen-bond donors (Lipinski definition) is 6. The molecule has 0 saturated carbocycles. The molecule has 1 atom stereocenters. The van der Waals surface area contributed by atoms with Gasteiger partial charge < -0.3 is 31.0 Å². The summed E-state index contributed by atoms with van der Waals surface area (Å²) in [6.45, 7) is 5.97. The molecule has 7 nitrogen and oxygen atoms in total. The number of nitrogens with two attached hydrogens (primary N) is 1. The molecule has 0 bridgehead atoms. The van der Waals surface area contributed by atoms with E-state index in [2.05, 4.69) is 5.73 Å². The van der Waals surface area contributed by atoms with E-state index in [1.54, 1.807) is 0 Å². The van der Waals surface area contributed by atoms with Crippen molar-refractivity contribution in [1.29, 1.82) is 5.26 Å². The van der Waals surface area contributed by atoms with Crippen molar-refractivity contribution in [3.63, 3.8) is 0 Å². The standard InChI is InChI=1S/C7H16O2.CH2N2.BH3O3/c1-7(2,3)4-6(9)5-8;2-1-3;2-1(3)4/h6,8-9H,4-5H2,1-3H3;2H2;2-4H. The van der Waals surface area contributed by atoms with Crippen LogP contribution in [0.15, 0.2) is 0 Å². The zero-order valence-corrected chi connectivity index (χ0v) is 9.83. The smallest absolute Gasteiger partial charge is 0.402 e. The SMILES string of the molecule is CC(C)(C)CC(O)CO.N#CN.OB(O)O. The van der Waals surface area contributed by atoms with Crippen LogP contribution in [0.4, 0.5) is 0 Å². The van der Waals surface area contributed by atoms with Crippen molar-refractivity contribution < 1.29 is 25.3 Å². The van der Waals surface area contributed by atoms with Crippen molar-refractivity contribution in [2.24, 2.45) is 11.1 Å². The van der Waals surface area contributed by atoms with E-state index < -0.39 is 13.4 Å². The molecule has 1 unspecified atom stereocenters. The molecule has 0 aromatic heterocycles. The van der Waals surface area contributed by atoms with Crippen LogP contribution in [0.25, 0.3) is 0 Å². The van der Waals surface area contributed by atoms with Gasteiger partial charge in [0.15, 0.2) is 6.19 Å². The molecule has 8 heteroatoms. The molecule has 0 spiro atoms. The Morgan fingerprint density at radius 1 is 1.31 bits per heavy atom. The van der Waals surface area contributed by atoms with Crippen LogP contribution in [0.3, 0.4) is 0 Å². The van der Waals surface area contributed by atoms with E-state index in [9.17, 15) is 0 Å². The van der Waals surface area contributed by atoms with Crippen LogP contribution in [0.1, 0.15) is 27.2 Å². The van der Waals surface area contributed by atoms with Crippen LogP contribution >= 0.6 is 0 Å². The first-order chi connectivity index (χ1) is 7.10.